The zero-order valence-corrected chi connectivity index (χ0v) is 23.8. The molecule has 1 fully saturated rings. The molecule has 8 heteroatoms. The number of amides is 1. The van der Waals surface area contributed by atoms with Gasteiger partial charge in [0, 0.05) is 35.0 Å². The van der Waals surface area contributed by atoms with Crippen molar-refractivity contribution in [3.8, 4) is 5.69 Å². The first kappa shape index (κ1) is 26.9. The number of nitrogens with zero attached hydrogens (tertiary/aromatic N) is 4. The molecule has 0 saturated heterocycles. The fourth-order valence-corrected chi connectivity index (χ4v) is 5.29. The van der Waals surface area contributed by atoms with Gasteiger partial charge in [0.1, 0.15) is 16.6 Å². The molecule has 0 spiro atoms. The molecule has 5 rings (SSSR count). The Morgan fingerprint density at radius 2 is 1.79 bits per heavy atom. The van der Waals surface area contributed by atoms with Crippen LogP contribution in [-0.4, -0.2) is 31.4 Å². The van der Waals surface area contributed by atoms with E-state index in [9.17, 15) is 9.59 Å². The van der Waals surface area contributed by atoms with E-state index in [-0.39, 0.29) is 23.0 Å². The highest BCUT2D eigenvalue weighted by molar-refractivity contribution is 7.11. The third-order valence-electron chi connectivity index (χ3n) is 6.84. The van der Waals surface area contributed by atoms with E-state index in [1.54, 1.807) is 17.5 Å². The SMILES string of the molecule is Cc1ccc(-n2nc(C(C)(C)C)cc2CC(=O)Cc2ncc(CCc3ccnc(NC(=O)C4CC4)c3)s2)cc1. The number of aromatic nitrogens is 4. The average molecular weight is 542 g/mol. The normalized spacial score (nSPS) is 13.4. The predicted molar refractivity (Wildman–Crippen MR) is 155 cm³/mol. The number of carbonyl (C=O) groups excluding carboxylic acids is 2. The second-order valence-corrected chi connectivity index (χ2v) is 12.6. The van der Waals surface area contributed by atoms with Crippen molar-refractivity contribution in [2.24, 2.45) is 5.92 Å². The van der Waals surface area contributed by atoms with Crippen molar-refractivity contribution < 1.29 is 9.59 Å². The largest absolute Gasteiger partial charge is 0.310 e. The van der Waals surface area contributed by atoms with Gasteiger partial charge in [-0.15, -0.1) is 11.3 Å². The fraction of sp³-hybridized carbons (Fsp3) is 0.387. The highest BCUT2D eigenvalue weighted by atomic mass is 32.1. The summed E-state index contributed by atoms with van der Waals surface area (Å²) in [6.07, 6.45) is 7.79. The molecule has 1 aliphatic carbocycles. The molecule has 39 heavy (non-hydrogen) atoms. The van der Waals surface area contributed by atoms with Crippen molar-refractivity contribution in [1.29, 1.82) is 0 Å². The Hall–Kier alpha value is -3.65. The molecule has 0 radical (unpaired) electrons. The number of benzene rings is 1. The zero-order valence-electron chi connectivity index (χ0n) is 23.0. The van der Waals surface area contributed by atoms with Crippen molar-refractivity contribution in [2.45, 2.75) is 71.6 Å². The van der Waals surface area contributed by atoms with Gasteiger partial charge in [-0.2, -0.15) is 5.10 Å². The molecule has 1 amide bonds. The monoisotopic (exact) mass is 541 g/mol. The molecule has 4 aromatic rings. The standard InChI is InChI=1S/C31H35N5O2S/c1-20-5-10-23(11-6-20)36-24(17-27(35-36)31(2,3)4)16-25(37)18-29-33-19-26(39-29)12-7-21-13-14-32-28(15-21)34-30(38)22-8-9-22/h5-6,10-11,13-15,17,19,22H,7-9,12,16,18H2,1-4H3,(H,32,34,38). The molecule has 0 aliphatic heterocycles. The van der Waals surface area contributed by atoms with Gasteiger partial charge < -0.3 is 5.32 Å². The minimum absolute atomic E-state index is 0.0629. The minimum Gasteiger partial charge on any atom is -0.310 e. The molecule has 0 atom stereocenters. The lowest BCUT2D eigenvalue weighted by Gasteiger charge is -2.14. The quantitative estimate of drug-likeness (QED) is 0.273. The number of ketones is 1. The number of carbonyl (C=O) groups is 2. The van der Waals surface area contributed by atoms with E-state index in [0.717, 1.165) is 58.2 Å². The van der Waals surface area contributed by atoms with Crippen molar-refractivity contribution in [1.82, 2.24) is 19.7 Å². The van der Waals surface area contributed by atoms with Crippen LogP contribution in [0.5, 0.6) is 0 Å². The van der Waals surface area contributed by atoms with Gasteiger partial charge in [-0.25, -0.2) is 14.6 Å². The Balaban J connectivity index is 1.20. The average Bonchev–Trinajstić information content (AvgIpc) is 3.51. The molecule has 3 heterocycles. The first-order valence-electron chi connectivity index (χ1n) is 13.5. The molecule has 0 bridgehead atoms. The first-order valence-corrected chi connectivity index (χ1v) is 14.3. The van der Waals surface area contributed by atoms with Gasteiger partial charge >= 0.3 is 0 Å². The van der Waals surface area contributed by atoms with E-state index in [4.69, 9.17) is 5.10 Å². The van der Waals surface area contributed by atoms with Crippen LogP contribution in [0.3, 0.4) is 0 Å². The molecule has 0 unspecified atom stereocenters. The van der Waals surface area contributed by atoms with Gasteiger partial charge in [0.15, 0.2) is 0 Å². The number of anilines is 1. The Kier molecular flexibility index (Phi) is 7.75. The highest BCUT2D eigenvalue weighted by Crippen LogP contribution is 2.30. The molecule has 7 nitrogen and oxygen atoms in total. The maximum absolute atomic E-state index is 13.1. The summed E-state index contributed by atoms with van der Waals surface area (Å²) in [7, 11) is 0. The summed E-state index contributed by atoms with van der Waals surface area (Å²) < 4.78 is 1.90. The Labute approximate surface area is 233 Å². The number of aryl methyl sites for hydroxylation is 3. The second-order valence-electron chi connectivity index (χ2n) is 11.4. The van der Waals surface area contributed by atoms with E-state index in [1.807, 2.05) is 35.1 Å². The Morgan fingerprint density at radius 3 is 2.51 bits per heavy atom. The molecular weight excluding hydrogens is 506 g/mol. The lowest BCUT2D eigenvalue weighted by molar-refractivity contribution is -0.118. The van der Waals surface area contributed by atoms with Gasteiger partial charge in [-0.3, -0.25) is 9.59 Å². The Bertz CT molecular complexity index is 1480. The smallest absolute Gasteiger partial charge is 0.228 e. The van der Waals surface area contributed by atoms with Crippen LogP contribution >= 0.6 is 11.3 Å². The zero-order chi connectivity index (χ0) is 27.6. The topological polar surface area (TPSA) is 89.8 Å². The summed E-state index contributed by atoms with van der Waals surface area (Å²) >= 11 is 1.59. The van der Waals surface area contributed by atoms with Crippen LogP contribution in [0.25, 0.3) is 5.69 Å². The number of thiazole rings is 1. The fourth-order valence-electron chi connectivity index (χ4n) is 4.34. The van der Waals surface area contributed by atoms with Gasteiger partial charge in [0.25, 0.3) is 0 Å². The van der Waals surface area contributed by atoms with E-state index < -0.39 is 0 Å². The summed E-state index contributed by atoms with van der Waals surface area (Å²) in [5.74, 6) is 0.944. The lowest BCUT2D eigenvalue weighted by atomic mass is 9.92. The maximum Gasteiger partial charge on any atom is 0.228 e. The van der Waals surface area contributed by atoms with Gasteiger partial charge in [0.05, 0.1) is 23.5 Å². The minimum atomic E-state index is -0.115. The van der Waals surface area contributed by atoms with Gasteiger partial charge in [-0.1, -0.05) is 38.5 Å². The van der Waals surface area contributed by atoms with Gasteiger partial charge in [-0.05, 0) is 68.5 Å². The van der Waals surface area contributed by atoms with E-state index >= 15 is 0 Å². The number of Topliss-reactive ketones (excluding diaryl/α,β-unsaturated/α-hetero) is 1. The van der Waals surface area contributed by atoms with Crippen LogP contribution in [0.1, 0.15) is 66.0 Å². The molecule has 1 N–H and O–H groups in total. The third kappa shape index (κ3) is 7.06. The van der Waals surface area contributed by atoms with Crippen LogP contribution < -0.4 is 5.32 Å². The van der Waals surface area contributed by atoms with Crippen molar-refractivity contribution in [3.05, 3.63) is 87.3 Å². The number of hydrogen-bond donors (Lipinski definition) is 1. The van der Waals surface area contributed by atoms with Crippen molar-refractivity contribution in [2.75, 3.05) is 5.32 Å². The summed E-state index contributed by atoms with van der Waals surface area (Å²) in [6, 6.07) is 14.2. The summed E-state index contributed by atoms with van der Waals surface area (Å²) in [4.78, 5) is 35.1. The second kappa shape index (κ2) is 11.2. The van der Waals surface area contributed by atoms with Crippen LogP contribution in [0.15, 0.2) is 54.9 Å². The number of rotatable bonds is 10. The van der Waals surface area contributed by atoms with Crippen LogP contribution in [0.2, 0.25) is 0 Å². The maximum atomic E-state index is 13.1. The van der Waals surface area contributed by atoms with E-state index in [1.165, 1.54) is 5.56 Å². The summed E-state index contributed by atoms with van der Waals surface area (Å²) in [6.45, 7) is 8.46. The van der Waals surface area contributed by atoms with Crippen LogP contribution in [0.4, 0.5) is 5.82 Å². The highest BCUT2D eigenvalue weighted by Gasteiger charge is 2.29. The number of hydrogen-bond acceptors (Lipinski definition) is 6. The van der Waals surface area contributed by atoms with Gasteiger partial charge in [0.2, 0.25) is 5.91 Å². The van der Waals surface area contributed by atoms with Crippen LogP contribution in [0, 0.1) is 12.8 Å². The van der Waals surface area contributed by atoms with Crippen molar-refractivity contribution in [3.63, 3.8) is 0 Å². The molecule has 1 aromatic carbocycles. The predicted octanol–water partition coefficient (Wildman–Crippen LogP) is 5.82. The van der Waals surface area contributed by atoms with E-state index in [2.05, 4.69) is 61.2 Å². The number of pyridine rings is 1. The lowest BCUT2D eigenvalue weighted by Crippen LogP contribution is -2.14. The number of nitrogens with one attached hydrogen (secondary N) is 1. The molecule has 3 aromatic heterocycles. The van der Waals surface area contributed by atoms with Crippen LogP contribution in [-0.2, 0) is 40.7 Å². The molecule has 202 valence electrons. The summed E-state index contributed by atoms with van der Waals surface area (Å²) in [5.41, 5.74) is 5.00. The Morgan fingerprint density at radius 1 is 1.03 bits per heavy atom. The summed E-state index contributed by atoms with van der Waals surface area (Å²) in [5, 5.41) is 8.60. The molecule has 1 saturated carbocycles. The molecule has 1 aliphatic rings. The van der Waals surface area contributed by atoms with E-state index in [0.29, 0.717) is 18.7 Å². The molecular formula is C31H35N5O2S. The first-order chi connectivity index (χ1) is 18.6. The third-order valence-corrected chi connectivity index (χ3v) is 7.90. The van der Waals surface area contributed by atoms with Crippen molar-refractivity contribution >= 4 is 28.8 Å².